The SMILES string of the molecule is CCc1ccc2nc(N3C(=O)C(=O)C(=C(O)c4ccc(OC)cc4)C3c3ccc(OC)cc3)sc2c1. The predicted molar refractivity (Wildman–Crippen MR) is 140 cm³/mol. The number of aromatic nitrogens is 1. The number of carbonyl (C=O) groups excluding carboxylic acids is 2. The Bertz CT molecular complexity index is 1490. The minimum Gasteiger partial charge on any atom is -0.507 e. The fourth-order valence-corrected chi connectivity index (χ4v) is 5.37. The van der Waals surface area contributed by atoms with Crippen LogP contribution in [0.25, 0.3) is 16.0 Å². The molecule has 1 aliphatic rings. The van der Waals surface area contributed by atoms with E-state index in [0.717, 1.165) is 22.2 Å². The second-order valence-electron chi connectivity index (χ2n) is 8.32. The van der Waals surface area contributed by atoms with Gasteiger partial charge in [-0.1, -0.05) is 36.5 Å². The van der Waals surface area contributed by atoms with Crippen LogP contribution in [0.15, 0.2) is 72.3 Å². The second kappa shape index (κ2) is 9.47. The fraction of sp³-hybridized carbons (Fsp3) is 0.179. The van der Waals surface area contributed by atoms with Crippen molar-refractivity contribution < 1.29 is 24.2 Å². The molecule has 1 amide bonds. The van der Waals surface area contributed by atoms with E-state index in [9.17, 15) is 14.7 Å². The molecular formula is C28H24N2O5S. The van der Waals surface area contributed by atoms with E-state index in [1.807, 2.05) is 18.2 Å². The number of Topliss-reactive ketones (excluding diaryl/α,β-unsaturated/α-hetero) is 1. The van der Waals surface area contributed by atoms with Gasteiger partial charge in [0.1, 0.15) is 17.3 Å². The van der Waals surface area contributed by atoms with E-state index >= 15 is 0 Å². The van der Waals surface area contributed by atoms with Crippen molar-refractivity contribution in [1.82, 2.24) is 4.98 Å². The molecule has 1 fully saturated rings. The van der Waals surface area contributed by atoms with Gasteiger partial charge in [0.25, 0.3) is 5.78 Å². The number of hydrogen-bond donors (Lipinski definition) is 1. The van der Waals surface area contributed by atoms with Gasteiger partial charge in [-0.25, -0.2) is 4.98 Å². The van der Waals surface area contributed by atoms with Gasteiger partial charge in [0.05, 0.1) is 36.1 Å². The van der Waals surface area contributed by atoms with E-state index in [1.54, 1.807) is 62.8 Å². The molecule has 182 valence electrons. The predicted octanol–water partition coefficient (Wildman–Crippen LogP) is 5.50. The van der Waals surface area contributed by atoms with Gasteiger partial charge in [-0.2, -0.15) is 0 Å². The fourth-order valence-electron chi connectivity index (χ4n) is 4.32. The number of carbonyl (C=O) groups is 2. The maximum Gasteiger partial charge on any atom is 0.301 e. The molecule has 2 heterocycles. The van der Waals surface area contributed by atoms with Crippen LogP contribution in [0.3, 0.4) is 0 Å². The van der Waals surface area contributed by atoms with Crippen molar-refractivity contribution in [2.45, 2.75) is 19.4 Å². The quantitative estimate of drug-likeness (QED) is 0.214. The molecule has 1 aromatic heterocycles. The Labute approximate surface area is 212 Å². The molecule has 1 N–H and O–H groups in total. The molecule has 0 spiro atoms. The highest BCUT2D eigenvalue weighted by molar-refractivity contribution is 7.22. The molecule has 36 heavy (non-hydrogen) atoms. The first kappa shape index (κ1) is 23.6. The first-order valence-corrected chi connectivity index (χ1v) is 12.3. The Balaban J connectivity index is 1.69. The lowest BCUT2D eigenvalue weighted by atomic mass is 9.95. The van der Waals surface area contributed by atoms with Gasteiger partial charge in [0.15, 0.2) is 5.13 Å². The molecule has 0 aliphatic carbocycles. The molecule has 8 heteroatoms. The molecule has 0 saturated carbocycles. The zero-order valence-corrected chi connectivity index (χ0v) is 20.8. The zero-order valence-electron chi connectivity index (χ0n) is 20.0. The number of thiazole rings is 1. The molecule has 0 bridgehead atoms. The van der Waals surface area contributed by atoms with E-state index in [2.05, 4.69) is 11.9 Å². The first-order valence-electron chi connectivity index (χ1n) is 11.4. The average Bonchev–Trinajstić information content (AvgIpc) is 3.45. The van der Waals surface area contributed by atoms with Gasteiger partial charge in [0, 0.05) is 5.56 Å². The average molecular weight is 501 g/mol. The normalized spacial score (nSPS) is 17.1. The van der Waals surface area contributed by atoms with Crippen LogP contribution in [0.2, 0.25) is 0 Å². The molecular weight excluding hydrogens is 476 g/mol. The summed E-state index contributed by atoms with van der Waals surface area (Å²) in [5.74, 6) is -0.510. The third-order valence-corrected chi connectivity index (χ3v) is 7.31. The molecule has 4 aromatic rings. The standard InChI is InChI=1S/C28H24N2O5S/c1-4-16-5-14-21-22(15-16)36-28(29-21)30-24(17-6-10-19(34-2)11-7-17)23(26(32)27(30)33)25(31)18-8-12-20(35-3)13-9-18/h5-15,24,31H,4H2,1-3H3. The molecule has 1 aliphatic heterocycles. The van der Waals surface area contributed by atoms with Crippen molar-refractivity contribution in [3.63, 3.8) is 0 Å². The first-order chi connectivity index (χ1) is 17.4. The van der Waals surface area contributed by atoms with E-state index in [0.29, 0.717) is 27.8 Å². The summed E-state index contributed by atoms with van der Waals surface area (Å²) in [5, 5.41) is 11.7. The molecule has 3 aromatic carbocycles. The van der Waals surface area contributed by atoms with Gasteiger partial charge >= 0.3 is 5.91 Å². The Kier molecular flexibility index (Phi) is 6.20. The highest BCUT2D eigenvalue weighted by Crippen LogP contribution is 2.44. The molecule has 1 saturated heterocycles. The van der Waals surface area contributed by atoms with Crippen molar-refractivity contribution >= 4 is 44.1 Å². The number of ketones is 1. The number of fused-ring (bicyclic) bond motifs is 1. The minimum absolute atomic E-state index is 0.00355. The number of ether oxygens (including phenoxy) is 2. The monoisotopic (exact) mass is 500 g/mol. The summed E-state index contributed by atoms with van der Waals surface area (Å²) in [7, 11) is 3.11. The number of aliphatic hydroxyl groups excluding tert-OH is 1. The van der Waals surface area contributed by atoms with E-state index < -0.39 is 17.7 Å². The van der Waals surface area contributed by atoms with E-state index in [4.69, 9.17) is 9.47 Å². The number of methoxy groups -OCH3 is 2. The van der Waals surface area contributed by atoms with Crippen molar-refractivity contribution in [3.05, 3.63) is 89.0 Å². The number of amides is 1. The minimum atomic E-state index is -0.857. The lowest BCUT2D eigenvalue weighted by molar-refractivity contribution is -0.132. The molecule has 5 rings (SSSR count). The van der Waals surface area contributed by atoms with Crippen LogP contribution in [0.1, 0.15) is 29.7 Å². The largest absolute Gasteiger partial charge is 0.507 e. The number of nitrogens with zero attached hydrogens (tertiary/aromatic N) is 2. The molecule has 1 unspecified atom stereocenters. The Hall–Kier alpha value is -4.17. The number of aryl methyl sites for hydroxylation is 1. The zero-order chi connectivity index (χ0) is 25.4. The molecule has 0 radical (unpaired) electrons. The number of anilines is 1. The van der Waals surface area contributed by atoms with Crippen molar-refractivity contribution in [3.8, 4) is 11.5 Å². The lowest BCUT2D eigenvalue weighted by Gasteiger charge is -2.23. The summed E-state index contributed by atoms with van der Waals surface area (Å²) in [6.45, 7) is 2.07. The van der Waals surface area contributed by atoms with Gasteiger partial charge in [-0.05, 0) is 66.1 Å². The Morgan fingerprint density at radius 1 is 0.972 bits per heavy atom. The Morgan fingerprint density at radius 2 is 1.61 bits per heavy atom. The van der Waals surface area contributed by atoms with Crippen LogP contribution < -0.4 is 14.4 Å². The summed E-state index contributed by atoms with van der Waals surface area (Å²) in [4.78, 5) is 32.8. The number of hydrogen-bond acceptors (Lipinski definition) is 7. The van der Waals surface area contributed by atoms with Crippen LogP contribution in [0.4, 0.5) is 5.13 Å². The highest BCUT2D eigenvalue weighted by atomic mass is 32.1. The van der Waals surface area contributed by atoms with Crippen molar-refractivity contribution in [2.24, 2.45) is 0 Å². The molecule has 1 atom stereocenters. The van der Waals surface area contributed by atoms with Gasteiger partial charge in [0.2, 0.25) is 0 Å². The highest BCUT2D eigenvalue weighted by Gasteiger charge is 2.48. The molecule has 7 nitrogen and oxygen atoms in total. The number of aliphatic hydroxyl groups is 1. The van der Waals surface area contributed by atoms with Gasteiger partial charge in [-0.3, -0.25) is 14.5 Å². The number of benzene rings is 3. The maximum atomic E-state index is 13.4. The summed E-state index contributed by atoms with van der Waals surface area (Å²) in [6, 6.07) is 18.9. The third-order valence-electron chi connectivity index (χ3n) is 6.30. The smallest absolute Gasteiger partial charge is 0.301 e. The van der Waals surface area contributed by atoms with Crippen molar-refractivity contribution in [1.29, 1.82) is 0 Å². The summed E-state index contributed by atoms with van der Waals surface area (Å²) < 4.78 is 11.4. The van der Waals surface area contributed by atoms with Crippen LogP contribution in [0, 0.1) is 0 Å². The van der Waals surface area contributed by atoms with Crippen LogP contribution in [0.5, 0.6) is 11.5 Å². The Morgan fingerprint density at radius 3 is 2.22 bits per heavy atom. The maximum absolute atomic E-state index is 13.4. The summed E-state index contributed by atoms with van der Waals surface area (Å²) >= 11 is 1.35. The van der Waals surface area contributed by atoms with Gasteiger partial charge in [-0.15, -0.1) is 0 Å². The number of rotatable bonds is 6. The van der Waals surface area contributed by atoms with Crippen molar-refractivity contribution in [2.75, 3.05) is 19.1 Å². The topological polar surface area (TPSA) is 89.0 Å². The summed E-state index contributed by atoms with van der Waals surface area (Å²) in [6.07, 6.45) is 0.876. The van der Waals surface area contributed by atoms with E-state index in [-0.39, 0.29) is 11.3 Å². The van der Waals surface area contributed by atoms with Crippen LogP contribution in [-0.4, -0.2) is 36.0 Å². The summed E-state index contributed by atoms with van der Waals surface area (Å²) in [5.41, 5.74) is 2.97. The van der Waals surface area contributed by atoms with Gasteiger partial charge < -0.3 is 14.6 Å². The van der Waals surface area contributed by atoms with Crippen LogP contribution in [-0.2, 0) is 16.0 Å². The third kappa shape index (κ3) is 3.99. The van der Waals surface area contributed by atoms with Crippen LogP contribution >= 0.6 is 11.3 Å². The second-order valence-corrected chi connectivity index (χ2v) is 9.33. The lowest BCUT2D eigenvalue weighted by Crippen LogP contribution is -2.29. The van der Waals surface area contributed by atoms with E-state index in [1.165, 1.54) is 16.2 Å².